The predicted molar refractivity (Wildman–Crippen MR) is 233 cm³/mol. The van der Waals surface area contributed by atoms with Gasteiger partial charge in [0.1, 0.15) is 11.2 Å². The number of hydrogen-bond acceptors (Lipinski definition) is 12. The largest absolute Gasteiger partial charge is 0.498 e. The molecule has 2 amide bonds. The van der Waals surface area contributed by atoms with Gasteiger partial charge in [-0.3, -0.25) is 9.36 Å². The van der Waals surface area contributed by atoms with E-state index in [4.69, 9.17) is 37.4 Å². The molecule has 5 aliphatic rings. The van der Waals surface area contributed by atoms with Crippen LogP contribution in [-0.4, -0.2) is 121 Å². The standard InChI is InChI=1S/C17H28BN3O4.C12H24B2O4.C11H16BrN3O2/c1-15(2,3)23-14(22)20-8-9-21-13(11-20)12(10-19-21)18-24-16(4,5)17(6,7)25-18;1-9(2)10(3,4)16-13(15-9)14-17-11(5,6)12(7,8)18-14;1-11(2,3)17-10(16)14-4-5-15-9(7-14)8(12)6-13-15/h10H,8-9,11H2,1-7H3;1-8H3;6H,4-5,7H2,1-3H3. The molecule has 0 saturated carbocycles. The van der Waals surface area contributed by atoms with Crippen molar-refractivity contribution in [2.24, 2.45) is 0 Å². The lowest BCUT2D eigenvalue weighted by molar-refractivity contribution is 0.00578. The Hall–Kier alpha value is -2.61. The van der Waals surface area contributed by atoms with Crippen LogP contribution in [0.4, 0.5) is 9.59 Å². The number of fused-ring (bicyclic) bond motifs is 2. The molecule has 0 N–H and O–H groups in total. The van der Waals surface area contributed by atoms with Gasteiger partial charge in [0.2, 0.25) is 0 Å². The van der Waals surface area contributed by atoms with E-state index in [0.717, 1.165) is 21.3 Å². The van der Waals surface area contributed by atoms with Gasteiger partial charge >= 0.3 is 33.3 Å². The summed E-state index contributed by atoms with van der Waals surface area (Å²) in [7, 11) is -1.43. The third-order valence-electron chi connectivity index (χ3n) is 12.3. The van der Waals surface area contributed by atoms with E-state index in [0.29, 0.717) is 39.3 Å². The van der Waals surface area contributed by atoms with Crippen molar-refractivity contribution >= 4 is 54.7 Å². The molecule has 2 aromatic rings. The van der Waals surface area contributed by atoms with E-state index in [1.54, 1.807) is 22.2 Å². The maximum atomic E-state index is 12.4. The van der Waals surface area contributed by atoms with Gasteiger partial charge in [-0.15, -0.1) is 0 Å². The Morgan fingerprint density at radius 2 is 0.900 bits per heavy atom. The van der Waals surface area contributed by atoms with E-state index in [1.165, 1.54) is 0 Å². The van der Waals surface area contributed by atoms with Crippen molar-refractivity contribution in [1.29, 1.82) is 0 Å². The van der Waals surface area contributed by atoms with Crippen LogP contribution in [0.25, 0.3) is 0 Å². The molecule has 3 fully saturated rings. The van der Waals surface area contributed by atoms with E-state index >= 15 is 0 Å². The average Bonchev–Trinajstić information content (AvgIpc) is 3.83. The van der Waals surface area contributed by atoms with Gasteiger partial charge in [0.25, 0.3) is 0 Å². The second-order valence-corrected chi connectivity index (χ2v) is 21.9. The van der Waals surface area contributed by atoms with Crippen LogP contribution in [0.5, 0.6) is 0 Å². The average molecular weight is 905 g/mol. The van der Waals surface area contributed by atoms with E-state index in [9.17, 15) is 9.59 Å². The summed E-state index contributed by atoms with van der Waals surface area (Å²) < 4.78 is 51.7. The molecule has 16 nitrogen and oxygen atoms in total. The Labute approximate surface area is 366 Å². The monoisotopic (exact) mass is 904 g/mol. The second-order valence-electron chi connectivity index (χ2n) is 21.1. The molecule has 0 radical (unpaired) electrons. The molecule has 0 bridgehead atoms. The highest BCUT2D eigenvalue weighted by Gasteiger charge is 2.64. The quantitative estimate of drug-likeness (QED) is 0.300. The number of rotatable bonds is 2. The zero-order chi connectivity index (χ0) is 45.2. The van der Waals surface area contributed by atoms with E-state index in [-0.39, 0.29) is 34.6 Å². The first-order valence-corrected chi connectivity index (χ1v) is 21.7. The lowest BCUT2D eigenvalue weighted by Gasteiger charge is -2.32. The predicted octanol–water partition coefficient (Wildman–Crippen LogP) is 6.58. The van der Waals surface area contributed by atoms with Crippen molar-refractivity contribution in [2.45, 2.75) is 196 Å². The molecule has 0 atom stereocenters. The summed E-state index contributed by atoms with van der Waals surface area (Å²) in [5.41, 5.74) is -0.386. The van der Waals surface area contributed by atoms with Gasteiger partial charge in [-0.05, 0) is 141 Å². The van der Waals surface area contributed by atoms with Crippen LogP contribution in [0.1, 0.15) is 136 Å². The Morgan fingerprint density at radius 1 is 0.567 bits per heavy atom. The molecule has 7 rings (SSSR count). The highest BCUT2D eigenvalue weighted by molar-refractivity contribution is 9.10. The van der Waals surface area contributed by atoms with Crippen LogP contribution in [-0.2, 0) is 63.6 Å². The maximum absolute atomic E-state index is 12.4. The first-order valence-electron chi connectivity index (χ1n) is 20.9. The van der Waals surface area contributed by atoms with Crippen molar-refractivity contribution < 1.29 is 47.0 Å². The minimum absolute atomic E-state index is 0.267. The van der Waals surface area contributed by atoms with Gasteiger partial charge in [-0.1, -0.05) is 0 Å². The number of hydrogen-bond donors (Lipinski definition) is 0. The molecule has 334 valence electrons. The number of nitrogens with zero attached hydrogens (tertiary/aromatic N) is 6. The lowest BCUT2D eigenvalue weighted by Crippen LogP contribution is -2.45. The minimum atomic E-state index is -0.511. The number of halogens is 1. The SMILES string of the molecule is CC(C)(C)OC(=O)N1CCn2ncc(B3OC(C)(C)C(C)(C)O3)c2C1.CC(C)(C)OC(=O)N1CCn2ncc(Br)c2C1.CC1(C)OB(B2OC(C)(C)C(C)(C)O2)OC1(C)C. The fraction of sp³-hybridized carbons (Fsp3) is 0.800. The summed E-state index contributed by atoms with van der Waals surface area (Å²) in [5, 5.41) is 8.66. The molecule has 5 aliphatic heterocycles. The Balaban J connectivity index is 0.000000175. The Kier molecular flexibility index (Phi) is 13.3. The highest BCUT2D eigenvalue weighted by Crippen LogP contribution is 2.43. The number of carbonyl (C=O) groups is 2. The summed E-state index contributed by atoms with van der Waals surface area (Å²) in [4.78, 5) is 27.7. The van der Waals surface area contributed by atoms with Crippen molar-refractivity contribution in [2.75, 3.05) is 13.1 Å². The van der Waals surface area contributed by atoms with Crippen molar-refractivity contribution in [3.05, 3.63) is 28.3 Å². The third kappa shape index (κ3) is 10.6. The highest BCUT2D eigenvalue weighted by atomic mass is 79.9. The Bertz CT molecular complexity index is 1800. The minimum Gasteiger partial charge on any atom is -0.444 e. The summed E-state index contributed by atoms with van der Waals surface area (Å²) >= 11 is 3.43. The fourth-order valence-electron chi connectivity index (χ4n) is 6.61. The molecule has 0 spiro atoms. The van der Waals surface area contributed by atoms with Gasteiger partial charge < -0.3 is 47.2 Å². The fourth-order valence-corrected chi connectivity index (χ4v) is 7.03. The van der Waals surface area contributed by atoms with Gasteiger partial charge in [0, 0.05) is 24.7 Å². The number of amides is 2. The van der Waals surface area contributed by atoms with Crippen LogP contribution in [0.3, 0.4) is 0 Å². The van der Waals surface area contributed by atoms with Crippen molar-refractivity contribution in [3.8, 4) is 0 Å². The van der Waals surface area contributed by atoms with Gasteiger partial charge in [-0.2, -0.15) is 10.2 Å². The molecule has 0 aliphatic carbocycles. The normalized spacial score (nSPS) is 23.2. The second kappa shape index (κ2) is 16.5. The van der Waals surface area contributed by atoms with Crippen LogP contribution >= 0.6 is 15.9 Å². The molecule has 20 heteroatoms. The molecule has 3 saturated heterocycles. The smallest absolute Gasteiger partial charge is 0.444 e. The first-order chi connectivity index (χ1) is 27.1. The van der Waals surface area contributed by atoms with Crippen LogP contribution < -0.4 is 5.46 Å². The molecule has 0 aromatic carbocycles. The molecular weight excluding hydrogens is 837 g/mol. The van der Waals surface area contributed by atoms with Gasteiger partial charge in [0.05, 0.1) is 81.8 Å². The summed E-state index contributed by atoms with van der Waals surface area (Å²) in [5.74, 6) is 0. The van der Waals surface area contributed by atoms with Gasteiger partial charge in [0.15, 0.2) is 0 Å². The van der Waals surface area contributed by atoms with E-state index < -0.39 is 43.5 Å². The molecule has 60 heavy (non-hydrogen) atoms. The summed E-state index contributed by atoms with van der Waals surface area (Å²) in [6, 6.07) is 0. The Morgan fingerprint density at radius 3 is 1.28 bits per heavy atom. The number of ether oxygens (including phenoxy) is 2. The molecule has 7 heterocycles. The zero-order valence-electron chi connectivity index (χ0n) is 39.3. The van der Waals surface area contributed by atoms with E-state index in [2.05, 4.69) is 26.1 Å². The summed E-state index contributed by atoms with van der Waals surface area (Å²) in [6.07, 6.45) is 2.97. The van der Waals surface area contributed by atoms with Crippen LogP contribution in [0, 0.1) is 0 Å². The summed E-state index contributed by atoms with van der Waals surface area (Å²) in [6.45, 7) is 39.1. The number of carbonyl (C=O) groups excluding carboxylic acids is 2. The van der Waals surface area contributed by atoms with Crippen molar-refractivity contribution in [3.63, 3.8) is 0 Å². The molecule has 2 aromatic heterocycles. The van der Waals surface area contributed by atoms with E-state index in [1.807, 2.05) is 134 Å². The lowest BCUT2D eigenvalue weighted by atomic mass is 9.49. The first kappa shape index (κ1) is 48.4. The molecular formula is C40H68B3BrN6O10. The molecule has 0 unspecified atom stereocenters. The zero-order valence-corrected chi connectivity index (χ0v) is 40.9. The van der Waals surface area contributed by atoms with Crippen molar-refractivity contribution in [1.82, 2.24) is 29.4 Å². The van der Waals surface area contributed by atoms with Crippen LogP contribution in [0.2, 0.25) is 0 Å². The van der Waals surface area contributed by atoms with Crippen LogP contribution in [0.15, 0.2) is 16.9 Å². The van der Waals surface area contributed by atoms with Gasteiger partial charge in [-0.25, -0.2) is 9.59 Å². The topological polar surface area (TPSA) is 150 Å². The third-order valence-corrected chi connectivity index (χ3v) is 13.0. The number of aromatic nitrogens is 4. The maximum Gasteiger partial charge on any atom is 0.498 e.